The van der Waals surface area contributed by atoms with Crippen molar-refractivity contribution in [1.29, 1.82) is 0 Å². The number of piperidine rings is 1. The summed E-state index contributed by atoms with van der Waals surface area (Å²) in [4.78, 5) is 5.09. The van der Waals surface area contributed by atoms with Crippen molar-refractivity contribution in [2.45, 2.75) is 33.1 Å². The lowest BCUT2D eigenvalue weighted by Gasteiger charge is -2.34. The first kappa shape index (κ1) is 19.0. The Bertz CT molecular complexity index is 522. The molecule has 3 nitrogen and oxygen atoms in total. The van der Waals surface area contributed by atoms with Crippen molar-refractivity contribution in [3.63, 3.8) is 0 Å². The number of allylic oxidation sites excluding steroid dienone is 1. The largest absolute Gasteiger partial charge is 0.496 e. The fourth-order valence-electron chi connectivity index (χ4n) is 3.55. The van der Waals surface area contributed by atoms with Crippen LogP contribution >= 0.6 is 0 Å². The Morgan fingerprint density at radius 1 is 1.33 bits per heavy atom. The Kier molecular flexibility index (Phi) is 7.80. The molecule has 134 valence electrons. The van der Waals surface area contributed by atoms with Crippen molar-refractivity contribution in [3.05, 3.63) is 41.5 Å². The van der Waals surface area contributed by atoms with E-state index in [2.05, 4.69) is 55.0 Å². The number of likely N-dealkylation sites (N-methyl/N-ethyl adjacent to an activating group) is 1. The minimum Gasteiger partial charge on any atom is -0.496 e. The summed E-state index contributed by atoms with van der Waals surface area (Å²) in [6.45, 7) is 10.2. The lowest BCUT2D eigenvalue weighted by Crippen LogP contribution is -2.41. The first-order valence-corrected chi connectivity index (χ1v) is 9.24. The predicted molar refractivity (Wildman–Crippen MR) is 103 cm³/mol. The van der Waals surface area contributed by atoms with Gasteiger partial charge < -0.3 is 14.5 Å². The van der Waals surface area contributed by atoms with Crippen LogP contribution in [-0.4, -0.2) is 56.7 Å². The van der Waals surface area contributed by atoms with Crippen molar-refractivity contribution >= 4 is 0 Å². The number of methoxy groups -OCH3 is 1. The molecule has 0 unspecified atom stereocenters. The third-order valence-corrected chi connectivity index (χ3v) is 4.87. The second-order valence-electron chi connectivity index (χ2n) is 7.37. The Morgan fingerprint density at radius 3 is 2.88 bits per heavy atom. The summed E-state index contributed by atoms with van der Waals surface area (Å²) in [5, 5.41) is 0. The zero-order valence-electron chi connectivity index (χ0n) is 15.9. The van der Waals surface area contributed by atoms with Crippen LogP contribution in [0.25, 0.3) is 0 Å². The van der Waals surface area contributed by atoms with Gasteiger partial charge in [-0.1, -0.05) is 29.8 Å². The average molecular weight is 331 g/mol. The highest BCUT2D eigenvalue weighted by Gasteiger charge is 2.20. The zero-order valence-corrected chi connectivity index (χ0v) is 15.9. The predicted octanol–water partition coefficient (Wildman–Crippen LogP) is 3.85. The molecule has 1 saturated heterocycles. The fourth-order valence-corrected chi connectivity index (χ4v) is 3.55. The van der Waals surface area contributed by atoms with E-state index in [-0.39, 0.29) is 0 Å². The molecule has 1 aliphatic heterocycles. The second kappa shape index (κ2) is 9.85. The van der Waals surface area contributed by atoms with Crippen LogP contribution in [0.3, 0.4) is 0 Å². The molecule has 1 fully saturated rings. The molecule has 1 aliphatic rings. The van der Waals surface area contributed by atoms with E-state index in [1.165, 1.54) is 43.6 Å². The number of benzene rings is 1. The molecule has 1 aromatic rings. The first-order valence-electron chi connectivity index (χ1n) is 9.24. The smallest absolute Gasteiger partial charge is 0.122 e. The summed E-state index contributed by atoms with van der Waals surface area (Å²) < 4.78 is 5.47. The van der Waals surface area contributed by atoms with E-state index in [1.807, 2.05) is 6.07 Å². The van der Waals surface area contributed by atoms with Gasteiger partial charge in [0.2, 0.25) is 0 Å². The molecule has 2 rings (SSSR count). The lowest BCUT2D eigenvalue weighted by molar-refractivity contribution is 0.148. The molecule has 0 aliphatic carbocycles. The fraction of sp³-hybridized carbons (Fsp3) is 0.619. The molecule has 1 aromatic carbocycles. The van der Waals surface area contributed by atoms with E-state index in [1.54, 1.807) is 7.11 Å². The highest BCUT2D eigenvalue weighted by atomic mass is 16.5. The Morgan fingerprint density at radius 2 is 2.12 bits per heavy atom. The maximum absolute atomic E-state index is 5.47. The maximum Gasteiger partial charge on any atom is 0.122 e. The van der Waals surface area contributed by atoms with Crippen LogP contribution in [-0.2, 0) is 6.42 Å². The molecule has 3 heteroatoms. The lowest BCUT2D eigenvalue weighted by atomic mass is 9.97. The normalized spacial score (nSPS) is 18.6. The molecular weight excluding hydrogens is 296 g/mol. The topological polar surface area (TPSA) is 15.7 Å². The highest BCUT2D eigenvalue weighted by Crippen LogP contribution is 2.21. The quantitative estimate of drug-likeness (QED) is 0.673. The molecule has 1 atom stereocenters. The van der Waals surface area contributed by atoms with Crippen LogP contribution < -0.4 is 4.74 Å². The van der Waals surface area contributed by atoms with Gasteiger partial charge in [-0.05, 0) is 64.3 Å². The molecule has 0 aromatic heterocycles. The number of hydrogen-bond donors (Lipinski definition) is 0. The maximum atomic E-state index is 5.47. The number of rotatable bonds is 8. The average Bonchev–Trinajstić information content (AvgIpc) is 2.58. The molecule has 24 heavy (non-hydrogen) atoms. The third-order valence-electron chi connectivity index (χ3n) is 4.87. The van der Waals surface area contributed by atoms with Gasteiger partial charge in [0.1, 0.15) is 5.75 Å². The molecule has 1 heterocycles. The number of hydrogen-bond acceptors (Lipinski definition) is 3. The van der Waals surface area contributed by atoms with Crippen LogP contribution in [0.15, 0.2) is 35.9 Å². The van der Waals surface area contributed by atoms with Gasteiger partial charge in [-0.3, -0.25) is 0 Å². The molecule has 0 bridgehead atoms. The van der Waals surface area contributed by atoms with Gasteiger partial charge >= 0.3 is 0 Å². The second-order valence-corrected chi connectivity index (χ2v) is 7.37. The van der Waals surface area contributed by atoms with Crippen molar-refractivity contribution in [2.75, 3.05) is 46.9 Å². The SMILES string of the molecule is COc1ccccc1CCN1CCC[C@@H](CN(C)CC=C(C)C)C1. The number of ether oxygens (including phenoxy) is 1. The number of likely N-dealkylation sites (tertiary alicyclic amines) is 1. The number of para-hydroxylation sites is 1. The summed E-state index contributed by atoms with van der Waals surface area (Å²) in [7, 11) is 4.01. The Balaban J connectivity index is 1.79. The van der Waals surface area contributed by atoms with Crippen molar-refractivity contribution in [3.8, 4) is 5.75 Å². The van der Waals surface area contributed by atoms with Gasteiger partial charge in [0.25, 0.3) is 0 Å². The van der Waals surface area contributed by atoms with Crippen molar-refractivity contribution in [2.24, 2.45) is 5.92 Å². The Labute approximate surface area is 148 Å². The van der Waals surface area contributed by atoms with Crippen LogP contribution in [0.1, 0.15) is 32.3 Å². The number of nitrogens with zero attached hydrogens (tertiary/aromatic N) is 2. The van der Waals surface area contributed by atoms with E-state index in [4.69, 9.17) is 4.74 Å². The van der Waals surface area contributed by atoms with E-state index in [9.17, 15) is 0 Å². The van der Waals surface area contributed by atoms with Crippen LogP contribution in [0.4, 0.5) is 0 Å². The minimum absolute atomic E-state index is 0.798. The summed E-state index contributed by atoms with van der Waals surface area (Å²) in [6, 6.07) is 8.40. The molecule has 0 saturated carbocycles. The van der Waals surface area contributed by atoms with Crippen LogP contribution in [0, 0.1) is 5.92 Å². The van der Waals surface area contributed by atoms with E-state index in [0.717, 1.165) is 31.2 Å². The van der Waals surface area contributed by atoms with Gasteiger partial charge in [0.05, 0.1) is 7.11 Å². The summed E-state index contributed by atoms with van der Waals surface area (Å²) in [5.74, 6) is 1.82. The standard InChI is InChI=1S/C21H34N2O/c1-18(2)11-14-22(3)16-19-8-7-13-23(17-19)15-12-20-9-5-6-10-21(20)24-4/h5-6,9-11,19H,7-8,12-17H2,1-4H3/t19-/m0/s1. The van der Waals surface area contributed by atoms with Crippen molar-refractivity contribution < 1.29 is 4.74 Å². The third kappa shape index (κ3) is 6.29. The van der Waals surface area contributed by atoms with E-state index < -0.39 is 0 Å². The van der Waals surface area contributed by atoms with Crippen molar-refractivity contribution in [1.82, 2.24) is 9.80 Å². The Hall–Kier alpha value is -1.32. The monoisotopic (exact) mass is 330 g/mol. The molecule has 0 N–H and O–H groups in total. The van der Waals surface area contributed by atoms with E-state index in [0.29, 0.717) is 0 Å². The minimum atomic E-state index is 0.798. The summed E-state index contributed by atoms with van der Waals surface area (Å²) in [5.41, 5.74) is 2.73. The molecule has 0 radical (unpaired) electrons. The van der Waals surface area contributed by atoms with Gasteiger partial charge in [-0.2, -0.15) is 0 Å². The molecule has 0 spiro atoms. The van der Waals surface area contributed by atoms with Crippen LogP contribution in [0.5, 0.6) is 5.75 Å². The first-order chi connectivity index (χ1) is 11.6. The van der Waals surface area contributed by atoms with E-state index >= 15 is 0 Å². The molecular formula is C21H34N2O. The summed E-state index contributed by atoms with van der Waals surface area (Å²) in [6.07, 6.45) is 6.09. The van der Waals surface area contributed by atoms with Gasteiger partial charge in [-0.25, -0.2) is 0 Å². The molecule has 0 amide bonds. The highest BCUT2D eigenvalue weighted by molar-refractivity contribution is 5.33. The zero-order chi connectivity index (χ0) is 17.4. The van der Waals surface area contributed by atoms with Gasteiger partial charge in [0.15, 0.2) is 0 Å². The van der Waals surface area contributed by atoms with Gasteiger partial charge in [0, 0.05) is 26.2 Å². The van der Waals surface area contributed by atoms with Crippen LogP contribution in [0.2, 0.25) is 0 Å². The van der Waals surface area contributed by atoms with Gasteiger partial charge in [-0.15, -0.1) is 0 Å². The summed E-state index contributed by atoms with van der Waals surface area (Å²) >= 11 is 0.